The lowest BCUT2D eigenvalue weighted by molar-refractivity contribution is -0.148. The fraction of sp³-hybridized carbons (Fsp3) is 0.867. The molecule has 0 aromatic carbocycles. The molecule has 3 aliphatic rings. The van der Waals surface area contributed by atoms with Gasteiger partial charge < -0.3 is 4.74 Å². The predicted molar refractivity (Wildman–Crippen MR) is 66.8 cm³/mol. The van der Waals surface area contributed by atoms with Crippen LogP contribution in [0.4, 0.5) is 0 Å². The van der Waals surface area contributed by atoms with Crippen molar-refractivity contribution in [3.8, 4) is 0 Å². The summed E-state index contributed by atoms with van der Waals surface area (Å²) in [7, 11) is 0. The number of carbonyl (C=O) groups is 2. The highest BCUT2D eigenvalue weighted by Gasteiger charge is 2.55. The van der Waals surface area contributed by atoms with Crippen LogP contribution in [0, 0.1) is 29.1 Å². The first-order valence-electron chi connectivity index (χ1n) is 7.15. The third-order valence-corrected chi connectivity index (χ3v) is 5.90. The second-order valence-electron chi connectivity index (χ2n) is 6.88. The van der Waals surface area contributed by atoms with E-state index in [1.807, 2.05) is 6.92 Å². The van der Waals surface area contributed by atoms with Gasteiger partial charge in [0.1, 0.15) is 11.9 Å². The first-order valence-corrected chi connectivity index (χ1v) is 7.15. The quantitative estimate of drug-likeness (QED) is 0.621. The lowest BCUT2D eigenvalue weighted by atomic mass is 9.53. The molecule has 0 aromatic heterocycles. The van der Waals surface area contributed by atoms with Gasteiger partial charge in [0.05, 0.1) is 5.92 Å². The molecular formula is C15H22O3. The minimum atomic E-state index is -0.0359. The number of Topliss-reactive ketones (excluding diaryl/α,β-unsaturated/α-hetero) is 1. The molecule has 6 atom stereocenters. The summed E-state index contributed by atoms with van der Waals surface area (Å²) in [6, 6.07) is 0. The maximum Gasteiger partial charge on any atom is 0.309 e. The number of fused-ring (bicyclic) bond motifs is 2. The van der Waals surface area contributed by atoms with E-state index >= 15 is 0 Å². The second-order valence-corrected chi connectivity index (χ2v) is 6.88. The van der Waals surface area contributed by atoms with Crippen LogP contribution in [0.15, 0.2) is 0 Å². The van der Waals surface area contributed by atoms with E-state index in [4.69, 9.17) is 4.74 Å². The molecule has 1 saturated heterocycles. The highest BCUT2D eigenvalue weighted by molar-refractivity contribution is 5.82. The molecule has 0 amide bonds. The van der Waals surface area contributed by atoms with Gasteiger partial charge in [0.15, 0.2) is 0 Å². The molecule has 1 heterocycles. The number of esters is 1. The Labute approximate surface area is 108 Å². The van der Waals surface area contributed by atoms with Gasteiger partial charge in [0.25, 0.3) is 0 Å². The zero-order chi connectivity index (χ0) is 13.1. The average molecular weight is 250 g/mol. The van der Waals surface area contributed by atoms with Gasteiger partial charge in [0.2, 0.25) is 0 Å². The summed E-state index contributed by atoms with van der Waals surface area (Å²) in [5.41, 5.74) is 0.193. The normalized spacial score (nSPS) is 51.6. The van der Waals surface area contributed by atoms with Crippen molar-refractivity contribution in [2.24, 2.45) is 29.1 Å². The maximum atomic E-state index is 11.9. The summed E-state index contributed by atoms with van der Waals surface area (Å²) in [6.07, 6.45) is 3.72. The van der Waals surface area contributed by atoms with Crippen LogP contribution >= 0.6 is 0 Å². The number of hydrogen-bond acceptors (Lipinski definition) is 3. The molecule has 0 N–H and O–H groups in total. The largest absolute Gasteiger partial charge is 0.462 e. The maximum absolute atomic E-state index is 11.9. The Hall–Kier alpha value is -0.860. The minimum Gasteiger partial charge on any atom is -0.462 e. The fourth-order valence-corrected chi connectivity index (χ4v) is 4.53. The van der Waals surface area contributed by atoms with Gasteiger partial charge in [-0.25, -0.2) is 0 Å². The Balaban J connectivity index is 1.89. The van der Waals surface area contributed by atoms with E-state index in [9.17, 15) is 9.59 Å². The van der Waals surface area contributed by atoms with Crippen LogP contribution in [0.25, 0.3) is 0 Å². The molecule has 0 aromatic rings. The van der Waals surface area contributed by atoms with Crippen LogP contribution in [0.5, 0.6) is 0 Å². The Kier molecular flexibility index (Phi) is 2.58. The number of hydrogen-bond donors (Lipinski definition) is 0. The molecule has 0 spiro atoms. The van der Waals surface area contributed by atoms with Gasteiger partial charge in [-0.15, -0.1) is 0 Å². The smallest absolute Gasteiger partial charge is 0.309 e. The van der Waals surface area contributed by atoms with E-state index in [1.54, 1.807) is 0 Å². The average Bonchev–Trinajstić information content (AvgIpc) is 2.58. The van der Waals surface area contributed by atoms with Gasteiger partial charge >= 0.3 is 5.97 Å². The Bertz CT molecular complexity index is 403. The van der Waals surface area contributed by atoms with E-state index in [0.29, 0.717) is 24.0 Å². The van der Waals surface area contributed by atoms with Crippen LogP contribution in [0.2, 0.25) is 0 Å². The van der Waals surface area contributed by atoms with E-state index in [2.05, 4.69) is 13.8 Å². The highest BCUT2D eigenvalue weighted by atomic mass is 16.6. The molecule has 3 fully saturated rings. The third kappa shape index (κ3) is 1.55. The molecule has 3 heteroatoms. The van der Waals surface area contributed by atoms with E-state index < -0.39 is 0 Å². The SMILES string of the molecule is C[C@@H]1C(=O)O[C@H]2C[C@@]3(C)CCC(=O)[C@H](C)[C@H]3C[C@@H]21. The lowest BCUT2D eigenvalue weighted by Gasteiger charge is -2.51. The lowest BCUT2D eigenvalue weighted by Crippen LogP contribution is -2.48. The third-order valence-electron chi connectivity index (χ3n) is 5.90. The fourth-order valence-electron chi connectivity index (χ4n) is 4.53. The van der Waals surface area contributed by atoms with Gasteiger partial charge in [-0.3, -0.25) is 9.59 Å². The predicted octanol–water partition coefficient (Wildman–Crippen LogP) is 2.58. The van der Waals surface area contributed by atoms with E-state index in [-0.39, 0.29) is 29.3 Å². The van der Waals surface area contributed by atoms with Crippen molar-refractivity contribution in [3.63, 3.8) is 0 Å². The summed E-state index contributed by atoms with van der Waals surface area (Å²) >= 11 is 0. The summed E-state index contributed by atoms with van der Waals surface area (Å²) in [5, 5.41) is 0. The van der Waals surface area contributed by atoms with Crippen molar-refractivity contribution >= 4 is 11.8 Å². The molecule has 3 rings (SSSR count). The molecule has 3 nitrogen and oxygen atoms in total. The Morgan fingerprint density at radius 3 is 2.67 bits per heavy atom. The van der Waals surface area contributed by atoms with Crippen LogP contribution in [-0.2, 0) is 14.3 Å². The molecule has 2 aliphatic carbocycles. The van der Waals surface area contributed by atoms with Crippen LogP contribution < -0.4 is 0 Å². The molecule has 1 aliphatic heterocycles. The molecule has 2 saturated carbocycles. The molecule has 0 bridgehead atoms. The van der Waals surface area contributed by atoms with Crippen LogP contribution in [0.3, 0.4) is 0 Å². The van der Waals surface area contributed by atoms with Crippen LogP contribution in [0.1, 0.15) is 46.5 Å². The topological polar surface area (TPSA) is 43.4 Å². The minimum absolute atomic E-state index is 0.0174. The van der Waals surface area contributed by atoms with Crippen molar-refractivity contribution in [3.05, 3.63) is 0 Å². The van der Waals surface area contributed by atoms with Crippen LogP contribution in [-0.4, -0.2) is 17.9 Å². The summed E-state index contributed by atoms with van der Waals surface area (Å²) in [5.74, 6) is 1.33. The number of carbonyl (C=O) groups excluding carboxylic acids is 2. The van der Waals surface area contributed by atoms with Gasteiger partial charge in [-0.1, -0.05) is 20.8 Å². The van der Waals surface area contributed by atoms with Crippen molar-refractivity contribution in [2.75, 3.05) is 0 Å². The first-order chi connectivity index (χ1) is 8.42. The number of ketones is 1. The van der Waals surface area contributed by atoms with Gasteiger partial charge in [-0.2, -0.15) is 0 Å². The Morgan fingerprint density at radius 2 is 1.94 bits per heavy atom. The van der Waals surface area contributed by atoms with Crippen molar-refractivity contribution in [1.29, 1.82) is 0 Å². The zero-order valence-electron chi connectivity index (χ0n) is 11.4. The summed E-state index contributed by atoms with van der Waals surface area (Å²) in [6.45, 7) is 6.34. The zero-order valence-corrected chi connectivity index (χ0v) is 11.4. The molecule has 0 unspecified atom stereocenters. The molecular weight excluding hydrogens is 228 g/mol. The van der Waals surface area contributed by atoms with E-state index in [1.165, 1.54) is 0 Å². The molecule has 100 valence electrons. The number of ether oxygens (including phenoxy) is 1. The van der Waals surface area contributed by atoms with Gasteiger partial charge in [0, 0.05) is 18.3 Å². The molecule has 18 heavy (non-hydrogen) atoms. The van der Waals surface area contributed by atoms with Crippen molar-refractivity contribution in [1.82, 2.24) is 0 Å². The van der Waals surface area contributed by atoms with Crippen molar-refractivity contribution < 1.29 is 14.3 Å². The highest BCUT2D eigenvalue weighted by Crippen LogP contribution is 2.56. The monoisotopic (exact) mass is 250 g/mol. The summed E-state index contributed by atoms with van der Waals surface area (Å²) in [4.78, 5) is 23.6. The Morgan fingerprint density at radius 1 is 1.22 bits per heavy atom. The molecule has 0 radical (unpaired) electrons. The second kappa shape index (κ2) is 3.82. The first kappa shape index (κ1) is 12.2. The standard InChI is InChI=1S/C15H22O3/c1-8-10-6-11-9(2)12(16)4-5-15(11,3)7-13(10)18-14(8)17/h8-11,13H,4-7H2,1-3H3/t8-,9+,10+,11+,13-,15+/m0/s1. The van der Waals surface area contributed by atoms with Gasteiger partial charge in [-0.05, 0) is 30.6 Å². The van der Waals surface area contributed by atoms with E-state index in [0.717, 1.165) is 19.3 Å². The number of rotatable bonds is 0. The van der Waals surface area contributed by atoms with Crippen molar-refractivity contribution in [2.45, 2.75) is 52.6 Å². The summed E-state index contributed by atoms with van der Waals surface area (Å²) < 4.78 is 5.53.